The fourth-order valence-corrected chi connectivity index (χ4v) is 15.3. The minimum absolute atomic E-state index is 0.0180. The summed E-state index contributed by atoms with van der Waals surface area (Å²) in [6, 6.07) is 18.7. The zero-order valence-electron chi connectivity index (χ0n) is 50.6. The van der Waals surface area contributed by atoms with Crippen molar-refractivity contribution >= 4 is 94.7 Å². The molecule has 2 saturated carbocycles. The van der Waals surface area contributed by atoms with Crippen molar-refractivity contribution < 1.29 is 59.7 Å². The Bertz CT molecular complexity index is 3960. The molecule has 4 aromatic heterocycles. The predicted octanol–water partition coefficient (Wildman–Crippen LogP) is 8.05. The number of thiazole rings is 2. The number of alkyl carbamates (subject to hydrolysis) is 1. The van der Waals surface area contributed by atoms with Gasteiger partial charge in [-0.3, -0.25) is 19.3 Å². The second-order valence-corrected chi connectivity index (χ2v) is 29.4. The quantitative estimate of drug-likeness (QED) is 0.0393. The molecular weight excluding hydrogens is 1240 g/mol. The maximum Gasteiger partial charge on any atom is 0.407 e. The van der Waals surface area contributed by atoms with Crippen LogP contribution in [0.15, 0.2) is 111 Å². The van der Waals surface area contributed by atoms with E-state index in [0.29, 0.717) is 47.6 Å². The summed E-state index contributed by atoms with van der Waals surface area (Å²) in [4.78, 5) is 73.8. The molecule has 1 saturated heterocycles. The Hall–Kier alpha value is -7.76. The summed E-state index contributed by atoms with van der Waals surface area (Å²) >= 11 is 2.85. The Kier molecular flexibility index (Phi) is 20.4. The third-order valence-electron chi connectivity index (χ3n) is 16.0. The van der Waals surface area contributed by atoms with Gasteiger partial charge in [0.15, 0.2) is 5.58 Å². The van der Waals surface area contributed by atoms with E-state index in [1.165, 1.54) is 50.1 Å². The number of ether oxygens (including phenoxy) is 3. The van der Waals surface area contributed by atoms with Crippen molar-refractivity contribution in [1.82, 2.24) is 49.8 Å². The first kappa shape index (κ1) is 65.2. The Morgan fingerprint density at radius 1 is 0.956 bits per heavy atom. The fraction of sp³-hybridized carbons (Fsp3) is 0.452. The summed E-state index contributed by atoms with van der Waals surface area (Å²) in [5, 5.41) is 22.8. The van der Waals surface area contributed by atoms with Crippen molar-refractivity contribution in [2.75, 3.05) is 39.0 Å². The van der Waals surface area contributed by atoms with Crippen LogP contribution in [-0.2, 0) is 47.4 Å². The second-order valence-electron chi connectivity index (χ2n) is 23.7. The van der Waals surface area contributed by atoms with E-state index < -0.39 is 79.1 Å². The number of aliphatic hydroxyl groups is 1. The van der Waals surface area contributed by atoms with Gasteiger partial charge in [0, 0.05) is 67.1 Å². The predicted molar refractivity (Wildman–Crippen MR) is 340 cm³/mol. The number of pyridine rings is 1. The van der Waals surface area contributed by atoms with Gasteiger partial charge >= 0.3 is 12.1 Å². The lowest BCUT2D eigenvalue weighted by molar-refractivity contribution is -0.131. The topological polar surface area (TPSA) is 330 Å². The van der Waals surface area contributed by atoms with Gasteiger partial charge in [0.2, 0.25) is 26.0 Å². The van der Waals surface area contributed by atoms with E-state index in [1.54, 1.807) is 18.8 Å². The third-order valence-corrected chi connectivity index (χ3v) is 21.2. The molecule has 4 aliphatic rings. The van der Waals surface area contributed by atoms with Gasteiger partial charge in [0.1, 0.15) is 52.0 Å². The van der Waals surface area contributed by atoms with Crippen LogP contribution in [0.25, 0.3) is 32.7 Å². The average molecular weight is 1310 g/mol. The number of benzene rings is 3. The number of amides is 5. The zero-order chi connectivity index (χ0) is 63.9. The number of oxazole rings is 1. The molecule has 24 nitrogen and oxygen atoms in total. The lowest BCUT2D eigenvalue weighted by Crippen LogP contribution is -2.57. The molecule has 0 radical (unpaired) electrons. The number of carbonyl (C=O) groups excluding carboxylic acids is 4. The smallest absolute Gasteiger partial charge is 0.407 e. The van der Waals surface area contributed by atoms with E-state index in [0.717, 1.165) is 52.2 Å². The molecule has 3 aromatic carbocycles. The first-order valence-corrected chi connectivity index (χ1v) is 34.7. The van der Waals surface area contributed by atoms with Gasteiger partial charge in [-0.1, -0.05) is 76.6 Å². The second kappa shape index (κ2) is 28.2. The normalized spacial score (nSPS) is 20.8. The van der Waals surface area contributed by atoms with Crippen LogP contribution in [0.3, 0.4) is 0 Å². The Morgan fingerprint density at radius 3 is 2.48 bits per heavy atom. The zero-order valence-corrected chi connectivity index (χ0v) is 53.8. The van der Waals surface area contributed by atoms with E-state index in [-0.39, 0.29) is 79.8 Å². The Labute approximate surface area is 530 Å². The van der Waals surface area contributed by atoms with Gasteiger partial charge in [-0.2, -0.15) is 9.29 Å². The van der Waals surface area contributed by atoms with Gasteiger partial charge < -0.3 is 50.3 Å². The highest BCUT2D eigenvalue weighted by Gasteiger charge is 2.62. The van der Waals surface area contributed by atoms with Crippen molar-refractivity contribution in [3.63, 3.8) is 0 Å². The molecule has 6 heterocycles. The molecule has 28 heteroatoms. The van der Waals surface area contributed by atoms with Crippen molar-refractivity contribution in [1.29, 1.82) is 0 Å². The Balaban J connectivity index is 0.000000206. The summed E-state index contributed by atoms with van der Waals surface area (Å²) < 4.78 is 79.1. The van der Waals surface area contributed by atoms with E-state index >= 15 is 0 Å². The van der Waals surface area contributed by atoms with Crippen LogP contribution in [-0.4, -0.2) is 143 Å². The van der Waals surface area contributed by atoms with Gasteiger partial charge in [0.25, 0.3) is 11.9 Å². The molecule has 6 atom stereocenters. The van der Waals surface area contributed by atoms with Crippen molar-refractivity contribution in [2.45, 2.75) is 138 Å². The number of sulfonamides is 2. The maximum atomic E-state index is 14.1. The number of urea groups is 1. The molecule has 5 amide bonds. The summed E-state index contributed by atoms with van der Waals surface area (Å²) in [5.41, 5.74) is 9.60. The van der Waals surface area contributed by atoms with Gasteiger partial charge in [-0.25, -0.2) is 36.4 Å². The molecule has 2 aliphatic heterocycles. The number of carbonyl (C=O) groups is 4. The molecule has 2 aliphatic carbocycles. The fourth-order valence-electron chi connectivity index (χ4n) is 10.8. The number of nitrogens with zero attached hydrogens (tertiary/aromatic N) is 6. The number of nitrogens with two attached hydrogens (primary N) is 1. The van der Waals surface area contributed by atoms with Crippen LogP contribution >= 0.6 is 22.7 Å². The van der Waals surface area contributed by atoms with Gasteiger partial charge in [-0.05, 0) is 86.6 Å². The molecule has 7 N–H and O–H groups in total. The number of anilines is 1. The highest BCUT2D eigenvalue weighted by Crippen LogP contribution is 2.46. The number of nitrogens with one attached hydrogen (secondary N) is 4. The van der Waals surface area contributed by atoms with Gasteiger partial charge in [0.05, 0.1) is 57.5 Å². The minimum atomic E-state index is -4.05. The van der Waals surface area contributed by atoms with E-state index in [4.69, 9.17) is 34.3 Å². The number of aromatic nitrogens is 4. The van der Waals surface area contributed by atoms with Crippen molar-refractivity contribution in [2.24, 2.45) is 11.8 Å². The molecule has 0 bridgehead atoms. The molecule has 7 aromatic rings. The lowest BCUT2D eigenvalue weighted by Gasteiger charge is -2.30. The Morgan fingerprint density at radius 2 is 1.76 bits per heavy atom. The number of hydrogen-bond donors (Lipinski definition) is 6. The standard InChI is InChI=1S/C36H44N6O7S2.C26H31N5O6S2/c1-21(2)29-20-50-33(39-29)28-17-31(26-13-10-23(48-3)15-27(26)38-28)49-24-16-30-32(43)40-36(34(44)41-51(46,47)25-11-12-25)18-22(36)9-7-5-4-6-8-14-37-35(45)42(30)19-24;1-17(2)13-31(39(34,35)20-8-9-21-24(11-20)37-25(27)29-21)14-23(32)22(10-18-6-4-3-5-7-18)30-26(33)36-15-19-12-28-16-38-19/h7,9-10,13,15,17,20-22,24-25,30H,4-6,8,11-12,14,16,18-19H2,1-3H3,(H,37,45)(H,40,43)(H,41,44);3-9,11-12,16-17,22-23,32H,10,13-15H2,1-2H3,(H2,27,29)(H,30,33)/b9-7-;/t22-,24-,30+,36-;22-,23+/m11/s1. The third kappa shape index (κ3) is 15.9. The first-order valence-electron chi connectivity index (χ1n) is 30.0. The molecule has 0 unspecified atom stereocenters. The van der Waals surface area contributed by atoms with Crippen LogP contribution in [0.1, 0.15) is 101 Å². The van der Waals surface area contributed by atoms with Crippen LogP contribution in [0.2, 0.25) is 0 Å². The maximum absolute atomic E-state index is 14.1. The number of hydrogen-bond acceptors (Lipinski definition) is 20. The van der Waals surface area contributed by atoms with Crippen LogP contribution in [0.5, 0.6) is 11.5 Å². The van der Waals surface area contributed by atoms with Crippen molar-refractivity contribution in [3.8, 4) is 22.2 Å². The van der Waals surface area contributed by atoms with Crippen LogP contribution < -0.4 is 35.9 Å². The van der Waals surface area contributed by atoms with Crippen molar-refractivity contribution in [3.05, 3.63) is 118 Å². The summed E-state index contributed by atoms with van der Waals surface area (Å²) in [7, 11) is -6.30. The van der Waals surface area contributed by atoms with Crippen LogP contribution in [0.4, 0.5) is 15.6 Å². The highest BCUT2D eigenvalue weighted by molar-refractivity contribution is 7.91. The average Bonchev–Trinajstić information content (AvgIpc) is 1.57. The number of nitrogen functional groups attached to an aromatic ring is 1. The highest BCUT2D eigenvalue weighted by atomic mass is 32.2. The van der Waals surface area contributed by atoms with E-state index in [2.05, 4.69) is 44.5 Å². The number of aliphatic hydroxyl groups excluding tert-OH is 1. The number of methoxy groups -OCH3 is 1. The summed E-state index contributed by atoms with van der Waals surface area (Å²) in [6.07, 6.45) is 7.99. The molecule has 11 rings (SSSR count). The molecule has 3 fully saturated rings. The number of allylic oxidation sites excluding steroid dienone is 1. The molecule has 480 valence electrons. The molecular formula is C62H75N11O13S4. The number of rotatable bonds is 20. The molecule has 0 spiro atoms. The van der Waals surface area contributed by atoms with E-state index in [1.807, 2.05) is 86.0 Å². The van der Waals surface area contributed by atoms with Gasteiger partial charge in [-0.15, -0.1) is 22.7 Å². The summed E-state index contributed by atoms with van der Waals surface area (Å²) in [5.74, 6) is -0.258. The van der Waals surface area contributed by atoms with Crippen LogP contribution in [0, 0.1) is 11.8 Å². The lowest BCUT2D eigenvalue weighted by atomic mass is 10.0. The molecule has 90 heavy (non-hydrogen) atoms. The minimum Gasteiger partial charge on any atom is -0.497 e. The monoisotopic (exact) mass is 1310 g/mol. The SMILES string of the molecule is CC(C)CN(C[C@H](O)[C@@H](Cc1ccccc1)NC(=O)OCc1cncs1)S(=O)(=O)c1ccc2nc(N)oc2c1.COc1ccc2c(O[C@@H]3C[C@H]4C(=O)N[C@]5(C(=O)NS(=O)(=O)C6CC6)C[C@H]5/C=C\CCCCCNC(=O)N4C3)cc(-c3nc(C(C)C)cs3)nc2c1. The van der Waals surface area contributed by atoms with E-state index in [9.17, 15) is 41.1 Å². The largest absolute Gasteiger partial charge is 0.497 e. The summed E-state index contributed by atoms with van der Waals surface area (Å²) in [6.45, 7) is 8.42. The number of fused-ring (bicyclic) bond motifs is 4. The first-order chi connectivity index (χ1) is 43.1.